The van der Waals surface area contributed by atoms with Crippen molar-refractivity contribution in [1.82, 2.24) is 29.8 Å². The molecule has 0 radical (unpaired) electrons. The van der Waals surface area contributed by atoms with E-state index in [2.05, 4.69) is 21.4 Å². The van der Waals surface area contributed by atoms with Gasteiger partial charge in [-0.05, 0) is 64.9 Å². The molecule has 2 aliphatic rings. The fourth-order valence-corrected chi connectivity index (χ4v) is 6.94. The number of halogens is 5. The lowest BCUT2D eigenvalue weighted by Crippen LogP contribution is -2.67. The highest BCUT2D eigenvalue weighted by molar-refractivity contribution is 6.09. The summed E-state index contributed by atoms with van der Waals surface area (Å²) >= 11 is 0. The van der Waals surface area contributed by atoms with Gasteiger partial charge in [-0.25, -0.2) is 18.4 Å². The SMILES string of the molecule is COc1c(C)cccc1-c1c(C(F)(F)F)cc2c(nc(N3CC(C)(N(C)C)C3)c3nnn([C@@H](F)/C=C/C(=O)N4CCCCC4CC#N)c32)c1F. The zero-order chi connectivity index (χ0) is 36.1. The summed E-state index contributed by atoms with van der Waals surface area (Å²) in [5.74, 6) is -1.56. The van der Waals surface area contributed by atoms with Gasteiger partial charge in [-0.3, -0.25) is 4.79 Å². The molecule has 1 unspecified atom stereocenters. The number of piperidine rings is 1. The number of nitriles is 1. The molecule has 2 aromatic heterocycles. The van der Waals surface area contributed by atoms with Crippen LogP contribution in [0.15, 0.2) is 36.4 Å². The Labute approximate surface area is 285 Å². The normalized spacial score (nSPS) is 18.6. The number of alkyl halides is 4. The third-order valence-electron chi connectivity index (χ3n) is 9.92. The van der Waals surface area contributed by atoms with E-state index in [1.165, 1.54) is 24.1 Å². The molecule has 264 valence electrons. The highest BCUT2D eigenvalue weighted by Gasteiger charge is 2.43. The van der Waals surface area contributed by atoms with Crippen LogP contribution in [0, 0.1) is 24.1 Å². The maximum absolute atomic E-state index is 16.9. The summed E-state index contributed by atoms with van der Waals surface area (Å²) in [6.07, 6.45) is -2.86. The van der Waals surface area contributed by atoms with Crippen molar-refractivity contribution in [3.8, 4) is 22.9 Å². The molecule has 0 saturated carbocycles. The van der Waals surface area contributed by atoms with Crippen molar-refractivity contribution in [3.63, 3.8) is 0 Å². The van der Waals surface area contributed by atoms with Crippen LogP contribution in [-0.4, -0.2) is 88.1 Å². The number of likely N-dealkylation sites (tertiary alicyclic amines) is 1. The standard InChI is InChI=1S/C35H37F5N8O2/c1-20-9-8-11-22(32(20)50-5)27-24(35(38,39)40)17-23-29(28(27)37)42-33(46-18-34(2,19-46)45(3)4)30-31(23)48(44-43-30)25(36)12-13-26(49)47-16-7-6-10-21(47)14-15-41/h8-9,11-13,17,21,25H,6-7,10,14,16,18-19H2,1-5H3/b13-12+/t21?,25-/m1/s1. The summed E-state index contributed by atoms with van der Waals surface area (Å²) in [6.45, 7) is 4.91. The highest BCUT2D eigenvalue weighted by Crippen LogP contribution is 2.47. The lowest BCUT2D eigenvalue weighted by atomic mass is 9.90. The molecule has 2 atom stereocenters. The molecule has 15 heteroatoms. The van der Waals surface area contributed by atoms with E-state index in [1.807, 2.05) is 25.9 Å². The van der Waals surface area contributed by atoms with E-state index >= 15 is 8.78 Å². The van der Waals surface area contributed by atoms with E-state index in [4.69, 9.17) is 4.74 Å². The number of aryl methyl sites for hydroxylation is 1. The van der Waals surface area contributed by atoms with Gasteiger partial charge in [-0.15, -0.1) is 5.10 Å². The molecule has 0 bridgehead atoms. The zero-order valence-corrected chi connectivity index (χ0v) is 28.4. The molecule has 0 aliphatic carbocycles. The molecule has 6 rings (SSSR count). The average Bonchev–Trinajstić information content (AvgIpc) is 3.51. The van der Waals surface area contributed by atoms with Crippen molar-refractivity contribution in [2.45, 2.75) is 63.6 Å². The van der Waals surface area contributed by atoms with Crippen LogP contribution >= 0.6 is 0 Å². The van der Waals surface area contributed by atoms with Crippen molar-refractivity contribution in [2.75, 3.05) is 45.7 Å². The second-order valence-corrected chi connectivity index (χ2v) is 13.4. The van der Waals surface area contributed by atoms with E-state index in [0.29, 0.717) is 31.6 Å². The van der Waals surface area contributed by atoms with E-state index in [9.17, 15) is 23.2 Å². The Balaban J connectivity index is 1.56. The number of benzene rings is 2. The summed E-state index contributed by atoms with van der Waals surface area (Å²) in [4.78, 5) is 23.0. The molecule has 50 heavy (non-hydrogen) atoms. The van der Waals surface area contributed by atoms with E-state index in [-0.39, 0.29) is 51.6 Å². The third-order valence-corrected chi connectivity index (χ3v) is 9.92. The first-order chi connectivity index (χ1) is 23.7. The maximum atomic E-state index is 16.9. The zero-order valence-electron chi connectivity index (χ0n) is 28.4. The van der Waals surface area contributed by atoms with Crippen molar-refractivity contribution in [3.05, 3.63) is 53.4 Å². The number of anilines is 1. The number of para-hydroxylation sites is 1. The summed E-state index contributed by atoms with van der Waals surface area (Å²) in [7, 11) is 5.11. The topological polar surface area (TPSA) is 103 Å². The molecule has 10 nitrogen and oxygen atoms in total. The largest absolute Gasteiger partial charge is 0.496 e. The monoisotopic (exact) mass is 696 g/mol. The number of carbonyl (C=O) groups is 1. The molecule has 0 spiro atoms. The molecule has 4 aromatic rings. The second kappa shape index (κ2) is 13.1. The Kier molecular flexibility index (Phi) is 9.19. The number of hydrogen-bond acceptors (Lipinski definition) is 8. The summed E-state index contributed by atoms with van der Waals surface area (Å²) in [5, 5.41) is 17.0. The molecule has 0 N–H and O–H groups in total. The van der Waals surface area contributed by atoms with Gasteiger partial charge in [-0.1, -0.05) is 23.4 Å². The van der Waals surface area contributed by atoms with E-state index in [1.54, 1.807) is 17.9 Å². The van der Waals surface area contributed by atoms with E-state index in [0.717, 1.165) is 35.7 Å². The number of nitrogens with zero attached hydrogens (tertiary/aromatic N) is 8. The third kappa shape index (κ3) is 5.99. The lowest BCUT2D eigenvalue weighted by molar-refractivity contribution is -0.137. The molecule has 1 amide bonds. The number of carbonyl (C=O) groups excluding carboxylic acids is 1. The Hall–Kier alpha value is -4.84. The van der Waals surface area contributed by atoms with Crippen molar-refractivity contribution in [2.24, 2.45) is 0 Å². The number of allylic oxidation sites excluding steroid dienone is 1. The van der Waals surface area contributed by atoms with Crippen LogP contribution in [-0.2, 0) is 11.0 Å². The Morgan fingerprint density at radius 1 is 1.24 bits per heavy atom. The predicted molar refractivity (Wildman–Crippen MR) is 178 cm³/mol. The van der Waals surface area contributed by atoms with Gasteiger partial charge in [0.15, 0.2) is 17.2 Å². The van der Waals surface area contributed by atoms with Gasteiger partial charge in [-0.2, -0.15) is 18.4 Å². The number of fused-ring (bicyclic) bond motifs is 3. The molecule has 2 saturated heterocycles. The van der Waals surface area contributed by atoms with Gasteiger partial charge >= 0.3 is 6.18 Å². The van der Waals surface area contributed by atoms with Crippen LogP contribution < -0.4 is 9.64 Å². The van der Waals surface area contributed by atoms with Crippen LogP contribution in [0.4, 0.5) is 27.8 Å². The Bertz CT molecular complexity index is 2030. The number of amides is 1. The quantitative estimate of drug-likeness (QED) is 0.150. The fraction of sp³-hybridized carbons (Fsp3) is 0.457. The van der Waals surface area contributed by atoms with E-state index < -0.39 is 40.8 Å². The van der Waals surface area contributed by atoms with Gasteiger partial charge in [0, 0.05) is 48.3 Å². The molecular formula is C35H37F5N8O2. The number of aromatic nitrogens is 4. The minimum Gasteiger partial charge on any atom is -0.496 e. The van der Waals surface area contributed by atoms with Gasteiger partial charge in [0.1, 0.15) is 16.8 Å². The molecule has 2 fully saturated rings. The molecule has 2 aromatic carbocycles. The first-order valence-corrected chi connectivity index (χ1v) is 16.2. The minimum atomic E-state index is -5.04. The van der Waals surface area contributed by atoms with Crippen molar-refractivity contribution >= 4 is 33.7 Å². The van der Waals surface area contributed by atoms with Gasteiger partial charge in [0.05, 0.1) is 30.7 Å². The van der Waals surface area contributed by atoms with Crippen LogP contribution in [0.3, 0.4) is 0 Å². The predicted octanol–water partition coefficient (Wildman–Crippen LogP) is 6.58. The van der Waals surface area contributed by atoms with Crippen LogP contribution in [0.5, 0.6) is 5.75 Å². The lowest BCUT2D eigenvalue weighted by Gasteiger charge is -2.52. The number of hydrogen-bond donors (Lipinski definition) is 0. The number of methoxy groups -OCH3 is 1. The second-order valence-electron chi connectivity index (χ2n) is 13.4. The smallest absolute Gasteiger partial charge is 0.417 e. The van der Waals surface area contributed by atoms with Gasteiger partial charge < -0.3 is 19.4 Å². The molecule has 4 heterocycles. The van der Waals surface area contributed by atoms with Gasteiger partial charge in [0.25, 0.3) is 0 Å². The molecule has 2 aliphatic heterocycles. The Morgan fingerprint density at radius 3 is 2.64 bits per heavy atom. The minimum absolute atomic E-state index is 0.0146. The summed E-state index contributed by atoms with van der Waals surface area (Å²) in [6, 6.07) is 7.01. The number of rotatable bonds is 8. The Morgan fingerprint density at radius 2 is 1.98 bits per heavy atom. The first kappa shape index (κ1) is 35.0. The fourth-order valence-electron chi connectivity index (χ4n) is 6.94. The first-order valence-electron chi connectivity index (χ1n) is 16.2. The summed E-state index contributed by atoms with van der Waals surface area (Å²) < 4.78 is 83.7. The maximum Gasteiger partial charge on any atom is 0.417 e. The number of pyridine rings is 1. The van der Waals surface area contributed by atoms with Crippen LogP contribution in [0.25, 0.3) is 33.1 Å². The summed E-state index contributed by atoms with van der Waals surface area (Å²) in [5.41, 5.74) is -2.62. The van der Waals surface area contributed by atoms with Crippen LogP contribution in [0.2, 0.25) is 0 Å². The number of likely N-dealkylation sites (N-methyl/N-ethyl adjacent to an activating group) is 1. The number of ether oxygens (including phenoxy) is 1. The molecular weight excluding hydrogens is 659 g/mol. The van der Waals surface area contributed by atoms with Crippen molar-refractivity contribution in [1.29, 1.82) is 5.26 Å². The van der Waals surface area contributed by atoms with Crippen LogP contribution in [0.1, 0.15) is 50.0 Å². The average molecular weight is 697 g/mol. The van der Waals surface area contributed by atoms with Crippen molar-refractivity contribution < 1.29 is 31.5 Å². The van der Waals surface area contributed by atoms with Gasteiger partial charge in [0.2, 0.25) is 12.2 Å². The highest BCUT2D eigenvalue weighted by atomic mass is 19.4.